The number of amides is 1. The van der Waals surface area contributed by atoms with E-state index in [0.717, 1.165) is 12.8 Å². The number of hydrogen-bond acceptors (Lipinski definition) is 8. The Morgan fingerprint density at radius 1 is 1.30 bits per heavy atom. The largest absolute Gasteiger partial charge is 0.379 e. The van der Waals surface area contributed by atoms with Gasteiger partial charge in [0.25, 0.3) is 0 Å². The first kappa shape index (κ1) is 21.2. The van der Waals surface area contributed by atoms with Crippen LogP contribution < -0.4 is 5.32 Å². The van der Waals surface area contributed by atoms with E-state index in [4.69, 9.17) is 4.74 Å². The molecular weight excluding hydrogens is 428 g/mol. The molecule has 162 valence electrons. The van der Waals surface area contributed by atoms with Gasteiger partial charge in [-0.3, -0.25) is 4.79 Å². The van der Waals surface area contributed by atoms with Crippen molar-refractivity contribution in [3.8, 4) is 0 Å². The quantitative estimate of drug-likeness (QED) is 0.627. The van der Waals surface area contributed by atoms with Crippen LogP contribution in [0.1, 0.15) is 31.4 Å². The van der Waals surface area contributed by atoms with Gasteiger partial charge in [0.05, 0.1) is 29.4 Å². The average molecular weight is 453 g/mol. The molecule has 1 aromatic heterocycles. The van der Waals surface area contributed by atoms with Crippen molar-refractivity contribution in [2.75, 3.05) is 31.6 Å². The lowest BCUT2D eigenvalue weighted by Crippen LogP contribution is -2.40. The van der Waals surface area contributed by atoms with E-state index in [-0.39, 0.29) is 10.8 Å². The molecule has 2 fully saturated rings. The van der Waals surface area contributed by atoms with Gasteiger partial charge >= 0.3 is 0 Å². The molecule has 1 amide bonds. The predicted octanol–water partition coefficient (Wildman–Crippen LogP) is 1.46. The summed E-state index contributed by atoms with van der Waals surface area (Å²) < 4.78 is 34.5. The molecule has 2 aromatic rings. The van der Waals surface area contributed by atoms with Crippen LogP contribution in [0.2, 0.25) is 0 Å². The standard InChI is InChI=1S/C18H24N6O4S2/c1-12-3-4-14(11-16(12)30(26,27)23-7-9-28-10-8-23)19-17(25)13(2)29-18-20-21-22-24(18)15-5-6-15/h3-4,11,13,15H,5-10H2,1-2H3,(H,19,25). The van der Waals surface area contributed by atoms with Crippen LogP contribution in [0.3, 0.4) is 0 Å². The van der Waals surface area contributed by atoms with Crippen molar-refractivity contribution < 1.29 is 17.9 Å². The summed E-state index contributed by atoms with van der Waals surface area (Å²) in [5.74, 6) is -0.246. The number of anilines is 1. The zero-order valence-corrected chi connectivity index (χ0v) is 18.4. The highest BCUT2D eigenvalue weighted by Crippen LogP contribution is 2.37. The van der Waals surface area contributed by atoms with Crippen molar-refractivity contribution in [2.24, 2.45) is 0 Å². The lowest BCUT2D eigenvalue weighted by atomic mass is 10.2. The van der Waals surface area contributed by atoms with Gasteiger partial charge in [-0.2, -0.15) is 4.31 Å². The summed E-state index contributed by atoms with van der Waals surface area (Å²) in [6.45, 7) is 4.91. The number of nitrogens with one attached hydrogen (secondary N) is 1. The minimum Gasteiger partial charge on any atom is -0.379 e. The van der Waals surface area contributed by atoms with Crippen LogP contribution >= 0.6 is 11.8 Å². The topological polar surface area (TPSA) is 119 Å². The lowest BCUT2D eigenvalue weighted by molar-refractivity contribution is -0.115. The van der Waals surface area contributed by atoms with Crippen LogP contribution in [-0.4, -0.2) is 70.4 Å². The summed E-state index contributed by atoms with van der Waals surface area (Å²) in [4.78, 5) is 12.9. The van der Waals surface area contributed by atoms with E-state index < -0.39 is 15.3 Å². The Bertz CT molecular complexity index is 1030. The van der Waals surface area contributed by atoms with Crippen molar-refractivity contribution in [1.82, 2.24) is 24.5 Å². The molecule has 12 heteroatoms. The number of aryl methyl sites for hydroxylation is 1. The first-order valence-corrected chi connectivity index (χ1v) is 12.1. The molecule has 1 saturated carbocycles. The maximum atomic E-state index is 13.0. The van der Waals surface area contributed by atoms with Crippen LogP contribution in [0.25, 0.3) is 0 Å². The zero-order chi connectivity index (χ0) is 21.3. The molecule has 1 saturated heterocycles. The van der Waals surface area contributed by atoms with Gasteiger partial charge in [0, 0.05) is 18.8 Å². The second-order valence-corrected chi connectivity index (χ2v) is 10.6. The van der Waals surface area contributed by atoms with Gasteiger partial charge in [-0.15, -0.1) is 5.10 Å². The van der Waals surface area contributed by atoms with E-state index in [9.17, 15) is 13.2 Å². The number of carbonyl (C=O) groups is 1. The minimum atomic E-state index is -3.65. The van der Waals surface area contributed by atoms with E-state index in [2.05, 4.69) is 20.8 Å². The normalized spacial score (nSPS) is 18.9. The van der Waals surface area contributed by atoms with Gasteiger partial charge in [0.15, 0.2) is 0 Å². The fourth-order valence-electron chi connectivity index (χ4n) is 3.15. The van der Waals surface area contributed by atoms with Crippen LogP contribution in [0.5, 0.6) is 0 Å². The third-order valence-corrected chi connectivity index (χ3v) is 8.14. The SMILES string of the molecule is Cc1ccc(NC(=O)C(C)Sc2nnnn2C2CC2)cc1S(=O)(=O)N1CCOCC1. The molecular formula is C18H24N6O4S2. The molecule has 30 heavy (non-hydrogen) atoms. The predicted molar refractivity (Wildman–Crippen MR) is 111 cm³/mol. The Balaban J connectivity index is 1.47. The molecule has 2 heterocycles. The molecule has 0 bridgehead atoms. The van der Waals surface area contributed by atoms with Gasteiger partial charge in [0.2, 0.25) is 21.1 Å². The summed E-state index contributed by atoms with van der Waals surface area (Å²) in [6.07, 6.45) is 2.09. The van der Waals surface area contributed by atoms with E-state index in [1.54, 1.807) is 30.7 Å². The Hall–Kier alpha value is -2.02. The van der Waals surface area contributed by atoms with Gasteiger partial charge in [0.1, 0.15) is 0 Å². The number of aromatic nitrogens is 4. The molecule has 10 nitrogen and oxygen atoms in total. The highest BCUT2D eigenvalue weighted by atomic mass is 32.2. The van der Waals surface area contributed by atoms with Crippen LogP contribution in [0.15, 0.2) is 28.3 Å². The fraction of sp³-hybridized carbons (Fsp3) is 0.556. The highest BCUT2D eigenvalue weighted by Gasteiger charge is 2.30. The number of rotatable bonds is 7. The van der Waals surface area contributed by atoms with Crippen LogP contribution in [0.4, 0.5) is 5.69 Å². The molecule has 1 aliphatic carbocycles. The van der Waals surface area contributed by atoms with Crippen LogP contribution in [-0.2, 0) is 19.6 Å². The number of ether oxygens (including phenoxy) is 1. The number of benzene rings is 1. The van der Waals surface area contributed by atoms with Crippen molar-refractivity contribution in [3.05, 3.63) is 23.8 Å². The summed E-state index contributed by atoms with van der Waals surface area (Å²) in [7, 11) is -3.65. The Morgan fingerprint density at radius 3 is 2.73 bits per heavy atom. The van der Waals surface area contributed by atoms with Gasteiger partial charge < -0.3 is 10.1 Å². The van der Waals surface area contributed by atoms with E-state index >= 15 is 0 Å². The number of tetrazole rings is 1. The van der Waals surface area contributed by atoms with Crippen molar-refractivity contribution in [2.45, 2.75) is 48.0 Å². The first-order chi connectivity index (χ1) is 14.4. The van der Waals surface area contributed by atoms with Crippen molar-refractivity contribution in [3.63, 3.8) is 0 Å². The maximum absolute atomic E-state index is 13.0. The fourth-order valence-corrected chi connectivity index (χ4v) is 5.67. The summed E-state index contributed by atoms with van der Waals surface area (Å²) in [5.41, 5.74) is 1.07. The molecule has 2 aliphatic rings. The van der Waals surface area contributed by atoms with E-state index in [0.29, 0.717) is 48.8 Å². The van der Waals surface area contributed by atoms with Crippen molar-refractivity contribution in [1.29, 1.82) is 0 Å². The second kappa shape index (κ2) is 8.61. The third-order valence-electron chi connectivity index (χ3n) is 5.05. The van der Waals surface area contributed by atoms with E-state index in [1.807, 2.05) is 0 Å². The monoisotopic (exact) mass is 452 g/mol. The van der Waals surface area contributed by atoms with Crippen molar-refractivity contribution >= 4 is 33.4 Å². The number of thioether (sulfide) groups is 1. The summed E-state index contributed by atoms with van der Waals surface area (Å²) in [5, 5.41) is 14.7. The number of carbonyl (C=O) groups excluding carboxylic acids is 1. The summed E-state index contributed by atoms with van der Waals surface area (Å²) >= 11 is 1.28. The molecule has 1 aliphatic heterocycles. The minimum absolute atomic E-state index is 0.195. The Labute approximate surface area is 179 Å². The third kappa shape index (κ3) is 4.51. The molecule has 0 radical (unpaired) electrons. The zero-order valence-electron chi connectivity index (χ0n) is 16.8. The molecule has 1 N–H and O–H groups in total. The second-order valence-electron chi connectivity index (χ2n) is 7.38. The van der Waals surface area contributed by atoms with Crippen LogP contribution in [0, 0.1) is 6.92 Å². The highest BCUT2D eigenvalue weighted by molar-refractivity contribution is 8.00. The average Bonchev–Trinajstić information content (AvgIpc) is 3.48. The molecule has 1 unspecified atom stereocenters. The lowest BCUT2D eigenvalue weighted by Gasteiger charge is -2.27. The molecule has 0 spiro atoms. The summed E-state index contributed by atoms with van der Waals surface area (Å²) in [6, 6.07) is 5.25. The smallest absolute Gasteiger partial charge is 0.243 e. The number of morpholine rings is 1. The van der Waals surface area contributed by atoms with Gasteiger partial charge in [-0.25, -0.2) is 13.1 Å². The Kier molecular flexibility index (Phi) is 6.09. The Morgan fingerprint density at radius 2 is 2.03 bits per heavy atom. The number of hydrogen-bond donors (Lipinski definition) is 1. The number of nitrogens with zero attached hydrogens (tertiary/aromatic N) is 5. The molecule has 4 rings (SSSR count). The first-order valence-electron chi connectivity index (χ1n) is 9.80. The molecule has 1 atom stereocenters. The van der Waals surface area contributed by atoms with Gasteiger partial charge in [-0.05, 0) is 54.8 Å². The van der Waals surface area contributed by atoms with Gasteiger partial charge in [-0.1, -0.05) is 17.8 Å². The number of sulfonamides is 1. The maximum Gasteiger partial charge on any atom is 0.243 e. The molecule has 1 aromatic carbocycles. The van der Waals surface area contributed by atoms with E-state index in [1.165, 1.54) is 22.1 Å².